The lowest BCUT2D eigenvalue weighted by Crippen LogP contribution is -2.27. The maximum Gasteiger partial charge on any atom is 0.264 e. The lowest BCUT2D eigenvalue weighted by Gasteiger charge is -2.20. The largest absolute Gasteiger partial charge is 0.356 e. The maximum atomic E-state index is 12.7. The van der Waals surface area contributed by atoms with Crippen LogP contribution in [0.1, 0.15) is 25.8 Å². The van der Waals surface area contributed by atoms with Gasteiger partial charge in [-0.2, -0.15) is 0 Å². The molecule has 0 radical (unpaired) electrons. The predicted octanol–water partition coefficient (Wildman–Crippen LogP) is 3.87. The number of rotatable bonds is 8. The molecule has 0 aliphatic rings. The molecule has 146 valence electrons. The number of benzene rings is 2. The number of halogens is 1. The van der Waals surface area contributed by atoms with Crippen molar-refractivity contribution in [3.63, 3.8) is 0 Å². The molecule has 0 heterocycles. The zero-order valence-electron chi connectivity index (χ0n) is 15.8. The molecule has 0 aliphatic carbocycles. The lowest BCUT2D eigenvalue weighted by molar-refractivity contribution is -0.120. The number of hydrogen-bond acceptors (Lipinski definition) is 3. The first kappa shape index (κ1) is 21.3. The molecule has 0 atom stereocenters. The van der Waals surface area contributed by atoms with Crippen LogP contribution in [0.3, 0.4) is 0 Å². The van der Waals surface area contributed by atoms with Crippen LogP contribution in [0.2, 0.25) is 5.02 Å². The van der Waals surface area contributed by atoms with Crippen molar-refractivity contribution in [3.8, 4) is 0 Å². The van der Waals surface area contributed by atoms with Crippen LogP contribution in [0.5, 0.6) is 0 Å². The molecule has 2 aromatic carbocycles. The highest BCUT2D eigenvalue weighted by Gasteiger charge is 2.21. The van der Waals surface area contributed by atoms with Gasteiger partial charge >= 0.3 is 0 Å². The highest BCUT2D eigenvalue weighted by Crippen LogP contribution is 2.23. The highest BCUT2D eigenvalue weighted by atomic mass is 35.5. The van der Waals surface area contributed by atoms with Crippen LogP contribution in [-0.2, 0) is 21.2 Å². The van der Waals surface area contributed by atoms with Crippen molar-refractivity contribution < 1.29 is 13.2 Å². The summed E-state index contributed by atoms with van der Waals surface area (Å²) in [7, 11) is -2.17. The zero-order valence-corrected chi connectivity index (χ0v) is 17.3. The van der Waals surface area contributed by atoms with Crippen LogP contribution in [0, 0.1) is 5.92 Å². The first-order valence-corrected chi connectivity index (χ1v) is 10.6. The minimum atomic E-state index is -3.67. The van der Waals surface area contributed by atoms with Crippen LogP contribution in [-0.4, -0.2) is 27.9 Å². The number of amides is 1. The number of hydrogen-bond donors (Lipinski definition) is 1. The zero-order chi connectivity index (χ0) is 20.0. The van der Waals surface area contributed by atoms with E-state index in [4.69, 9.17) is 11.6 Å². The van der Waals surface area contributed by atoms with Gasteiger partial charge in [-0.15, -0.1) is 0 Å². The molecule has 0 aromatic heterocycles. The average molecular weight is 409 g/mol. The Balaban J connectivity index is 2.03. The standard InChI is InChI=1S/C20H25ClN2O3S/c1-15(2)12-13-22-20(24)14-16-4-8-18(9-5-16)23(3)27(25,26)19-10-6-17(21)7-11-19/h4-11,15H,12-14H2,1-3H3,(H,22,24). The van der Waals surface area contributed by atoms with Gasteiger partial charge in [0.15, 0.2) is 0 Å². The molecule has 1 amide bonds. The molecule has 0 saturated heterocycles. The Morgan fingerprint density at radius 2 is 1.67 bits per heavy atom. The lowest BCUT2D eigenvalue weighted by atomic mass is 10.1. The number of nitrogens with one attached hydrogen (secondary N) is 1. The van der Waals surface area contributed by atoms with Gasteiger partial charge in [0.2, 0.25) is 5.91 Å². The normalized spacial score (nSPS) is 11.4. The third-order valence-corrected chi connectivity index (χ3v) is 6.23. The second-order valence-corrected chi connectivity index (χ2v) is 9.21. The van der Waals surface area contributed by atoms with Gasteiger partial charge in [-0.05, 0) is 54.3 Å². The minimum absolute atomic E-state index is 0.0365. The van der Waals surface area contributed by atoms with Gasteiger partial charge in [0.25, 0.3) is 10.0 Å². The Morgan fingerprint density at radius 1 is 1.07 bits per heavy atom. The molecule has 0 fully saturated rings. The molecule has 0 unspecified atom stereocenters. The van der Waals surface area contributed by atoms with E-state index >= 15 is 0 Å². The number of sulfonamides is 1. The first-order chi connectivity index (χ1) is 12.7. The Hall–Kier alpha value is -2.05. The Bertz CT molecular complexity index is 863. The third kappa shape index (κ3) is 5.97. The van der Waals surface area contributed by atoms with Gasteiger partial charge in [-0.25, -0.2) is 8.42 Å². The van der Waals surface area contributed by atoms with E-state index < -0.39 is 10.0 Å². The van der Waals surface area contributed by atoms with Crippen LogP contribution in [0.4, 0.5) is 5.69 Å². The van der Waals surface area contributed by atoms with Crippen molar-refractivity contribution in [1.82, 2.24) is 5.32 Å². The molecule has 1 N–H and O–H groups in total. The third-order valence-electron chi connectivity index (χ3n) is 4.18. The molecule has 5 nitrogen and oxygen atoms in total. The van der Waals surface area contributed by atoms with E-state index in [2.05, 4.69) is 19.2 Å². The summed E-state index contributed by atoms with van der Waals surface area (Å²) in [6.07, 6.45) is 1.21. The van der Waals surface area contributed by atoms with Crippen LogP contribution in [0.25, 0.3) is 0 Å². The molecule has 2 aromatic rings. The van der Waals surface area contributed by atoms with E-state index in [0.29, 0.717) is 23.2 Å². The fourth-order valence-electron chi connectivity index (χ4n) is 2.48. The van der Waals surface area contributed by atoms with Crippen molar-refractivity contribution in [3.05, 3.63) is 59.1 Å². The van der Waals surface area contributed by atoms with Gasteiger partial charge in [0.1, 0.15) is 0 Å². The van der Waals surface area contributed by atoms with E-state index in [9.17, 15) is 13.2 Å². The number of anilines is 1. The van der Waals surface area contributed by atoms with Gasteiger partial charge in [-0.1, -0.05) is 37.6 Å². The van der Waals surface area contributed by atoms with Gasteiger partial charge in [0, 0.05) is 18.6 Å². The maximum absolute atomic E-state index is 12.7. The van der Waals surface area contributed by atoms with E-state index in [1.807, 2.05) is 0 Å². The van der Waals surface area contributed by atoms with Crippen molar-refractivity contribution in [1.29, 1.82) is 0 Å². The van der Waals surface area contributed by atoms with E-state index in [1.54, 1.807) is 36.4 Å². The predicted molar refractivity (Wildman–Crippen MR) is 110 cm³/mol. The van der Waals surface area contributed by atoms with Crippen LogP contribution in [0.15, 0.2) is 53.4 Å². The molecular formula is C20H25ClN2O3S. The monoisotopic (exact) mass is 408 g/mol. The van der Waals surface area contributed by atoms with Crippen molar-refractivity contribution in [2.45, 2.75) is 31.6 Å². The van der Waals surface area contributed by atoms with Crippen molar-refractivity contribution in [2.24, 2.45) is 5.92 Å². The minimum Gasteiger partial charge on any atom is -0.356 e. The fourth-order valence-corrected chi connectivity index (χ4v) is 3.80. The molecule has 0 spiro atoms. The number of nitrogens with zero attached hydrogens (tertiary/aromatic N) is 1. The summed E-state index contributed by atoms with van der Waals surface area (Å²) in [5, 5.41) is 3.37. The summed E-state index contributed by atoms with van der Waals surface area (Å²) in [4.78, 5) is 12.1. The summed E-state index contributed by atoms with van der Waals surface area (Å²) in [6, 6.07) is 13.0. The summed E-state index contributed by atoms with van der Waals surface area (Å²) in [5.74, 6) is 0.508. The smallest absolute Gasteiger partial charge is 0.264 e. The summed E-state index contributed by atoms with van der Waals surface area (Å²) in [6.45, 7) is 4.88. The SMILES string of the molecule is CC(C)CCNC(=O)Cc1ccc(N(C)S(=O)(=O)c2ccc(Cl)cc2)cc1. The van der Waals surface area contributed by atoms with Gasteiger partial charge in [0.05, 0.1) is 17.0 Å². The molecule has 27 heavy (non-hydrogen) atoms. The average Bonchev–Trinajstić information content (AvgIpc) is 2.61. The van der Waals surface area contributed by atoms with E-state index in [1.165, 1.54) is 23.5 Å². The topological polar surface area (TPSA) is 66.5 Å². The fraction of sp³-hybridized carbons (Fsp3) is 0.350. The molecule has 7 heteroatoms. The second kappa shape index (κ2) is 9.24. The molecular weight excluding hydrogens is 384 g/mol. The van der Waals surface area contributed by atoms with Crippen molar-refractivity contribution in [2.75, 3.05) is 17.9 Å². The Morgan fingerprint density at radius 3 is 2.22 bits per heavy atom. The molecule has 0 aliphatic heterocycles. The second-order valence-electron chi connectivity index (χ2n) is 6.80. The van der Waals surface area contributed by atoms with E-state index in [0.717, 1.165) is 12.0 Å². The molecule has 0 bridgehead atoms. The van der Waals surface area contributed by atoms with Gasteiger partial charge in [-0.3, -0.25) is 9.10 Å². The Labute approximate surface area is 166 Å². The van der Waals surface area contributed by atoms with Gasteiger partial charge < -0.3 is 5.32 Å². The van der Waals surface area contributed by atoms with Crippen LogP contribution >= 0.6 is 11.6 Å². The summed E-state index contributed by atoms with van der Waals surface area (Å²) < 4.78 is 26.6. The summed E-state index contributed by atoms with van der Waals surface area (Å²) in [5.41, 5.74) is 1.35. The number of carbonyl (C=O) groups excluding carboxylic acids is 1. The first-order valence-electron chi connectivity index (χ1n) is 8.80. The highest BCUT2D eigenvalue weighted by molar-refractivity contribution is 7.92. The Kier molecular flexibility index (Phi) is 7.27. The van der Waals surface area contributed by atoms with Crippen molar-refractivity contribution >= 4 is 33.2 Å². The molecule has 2 rings (SSSR count). The summed E-state index contributed by atoms with van der Waals surface area (Å²) >= 11 is 5.82. The molecule has 0 saturated carbocycles. The van der Waals surface area contributed by atoms with E-state index in [-0.39, 0.29) is 17.2 Å². The van der Waals surface area contributed by atoms with Crippen LogP contribution < -0.4 is 9.62 Å². The quantitative estimate of drug-likeness (QED) is 0.720. The number of carbonyl (C=O) groups is 1.